The molecule has 0 aliphatic carbocycles. The van der Waals surface area contributed by atoms with Crippen LogP contribution in [0.4, 0.5) is 13.6 Å². The molecule has 0 bridgehead atoms. The van der Waals surface area contributed by atoms with Crippen molar-refractivity contribution in [3.05, 3.63) is 71.3 Å². The van der Waals surface area contributed by atoms with Crippen LogP contribution in [-0.2, 0) is 13.0 Å². The summed E-state index contributed by atoms with van der Waals surface area (Å²) in [4.78, 5) is 13.7. The van der Waals surface area contributed by atoms with Crippen LogP contribution in [-0.4, -0.2) is 35.7 Å². The van der Waals surface area contributed by atoms with E-state index in [1.165, 1.54) is 23.1 Å². The Morgan fingerprint density at radius 2 is 1.71 bits per heavy atom. The van der Waals surface area contributed by atoms with E-state index in [1.54, 1.807) is 0 Å². The SMILES string of the molecule is O=C(NCCc1c(F)cccc1F)N(CCO)Cc1ccccc1. The summed E-state index contributed by atoms with van der Waals surface area (Å²) in [6.07, 6.45) is 0.0581. The van der Waals surface area contributed by atoms with Gasteiger partial charge in [0.1, 0.15) is 11.6 Å². The maximum absolute atomic E-state index is 13.5. The highest BCUT2D eigenvalue weighted by Crippen LogP contribution is 2.12. The van der Waals surface area contributed by atoms with Crippen molar-refractivity contribution in [2.45, 2.75) is 13.0 Å². The molecule has 24 heavy (non-hydrogen) atoms. The summed E-state index contributed by atoms with van der Waals surface area (Å²) in [6.45, 7) is 0.464. The molecule has 0 spiro atoms. The van der Waals surface area contributed by atoms with E-state index < -0.39 is 11.6 Å². The van der Waals surface area contributed by atoms with Crippen molar-refractivity contribution in [3.63, 3.8) is 0 Å². The van der Waals surface area contributed by atoms with E-state index in [0.717, 1.165) is 5.56 Å². The average Bonchev–Trinajstić information content (AvgIpc) is 2.58. The van der Waals surface area contributed by atoms with E-state index in [9.17, 15) is 13.6 Å². The molecule has 0 atom stereocenters. The maximum atomic E-state index is 13.5. The number of hydrogen-bond donors (Lipinski definition) is 2. The molecule has 2 N–H and O–H groups in total. The van der Waals surface area contributed by atoms with Crippen molar-refractivity contribution in [3.8, 4) is 0 Å². The first-order chi connectivity index (χ1) is 11.6. The molecule has 0 aromatic heterocycles. The van der Waals surface area contributed by atoms with Crippen molar-refractivity contribution in [2.75, 3.05) is 19.7 Å². The third-order valence-corrected chi connectivity index (χ3v) is 3.59. The number of amides is 2. The third kappa shape index (κ3) is 5.03. The van der Waals surface area contributed by atoms with Gasteiger partial charge in [-0.05, 0) is 24.1 Å². The second-order valence-corrected chi connectivity index (χ2v) is 5.31. The fourth-order valence-corrected chi connectivity index (χ4v) is 2.35. The third-order valence-electron chi connectivity index (χ3n) is 3.59. The van der Waals surface area contributed by atoms with E-state index in [2.05, 4.69) is 5.32 Å². The van der Waals surface area contributed by atoms with Crippen molar-refractivity contribution in [2.24, 2.45) is 0 Å². The van der Waals surface area contributed by atoms with Crippen LogP contribution in [0.3, 0.4) is 0 Å². The number of nitrogens with zero attached hydrogens (tertiary/aromatic N) is 1. The highest BCUT2D eigenvalue weighted by atomic mass is 19.1. The first kappa shape index (κ1) is 17.9. The molecular formula is C18H20F2N2O2. The van der Waals surface area contributed by atoms with Crippen molar-refractivity contribution in [1.82, 2.24) is 10.2 Å². The smallest absolute Gasteiger partial charge is 0.317 e. The number of nitrogens with one attached hydrogen (secondary N) is 1. The van der Waals surface area contributed by atoms with Crippen LogP contribution < -0.4 is 5.32 Å². The Bertz CT molecular complexity index is 645. The summed E-state index contributed by atoms with van der Waals surface area (Å²) < 4.78 is 27.1. The molecule has 2 aromatic rings. The minimum absolute atomic E-state index is 0.0467. The zero-order valence-corrected chi connectivity index (χ0v) is 13.2. The van der Waals surface area contributed by atoms with Gasteiger partial charge in [0, 0.05) is 25.2 Å². The molecule has 0 saturated carbocycles. The molecule has 0 saturated heterocycles. The topological polar surface area (TPSA) is 52.6 Å². The lowest BCUT2D eigenvalue weighted by Gasteiger charge is -2.22. The highest BCUT2D eigenvalue weighted by molar-refractivity contribution is 5.74. The zero-order valence-electron chi connectivity index (χ0n) is 13.2. The minimum Gasteiger partial charge on any atom is -0.395 e. The summed E-state index contributed by atoms with van der Waals surface area (Å²) in [5.41, 5.74) is 0.885. The van der Waals surface area contributed by atoms with Crippen LogP contribution in [0.1, 0.15) is 11.1 Å². The van der Waals surface area contributed by atoms with Crippen LogP contribution >= 0.6 is 0 Å². The molecule has 128 valence electrons. The van der Waals surface area contributed by atoms with Gasteiger partial charge < -0.3 is 15.3 Å². The van der Waals surface area contributed by atoms with Gasteiger partial charge in [-0.25, -0.2) is 13.6 Å². The summed E-state index contributed by atoms with van der Waals surface area (Å²) >= 11 is 0. The van der Waals surface area contributed by atoms with Crippen molar-refractivity contribution in [1.29, 1.82) is 0 Å². The van der Waals surface area contributed by atoms with Gasteiger partial charge in [-0.3, -0.25) is 0 Å². The predicted molar refractivity (Wildman–Crippen MR) is 87.4 cm³/mol. The summed E-state index contributed by atoms with van der Waals surface area (Å²) in [5, 5.41) is 11.8. The molecule has 0 aliphatic heterocycles. The number of hydrogen-bond acceptors (Lipinski definition) is 2. The van der Waals surface area contributed by atoms with Gasteiger partial charge in [-0.2, -0.15) is 0 Å². The van der Waals surface area contributed by atoms with Crippen LogP contribution in [0.25, 0.3) is 0 Å². The van der Waals surface area contributed by atoms with Gasteiger partial charge in [0.15, 0.2) is 0 Å². The second kappa shape index (κ2) is 8.98. The first-order valence-corrected chi connectivity index (χ1v) is 7.72. The lowest BCUT2D eigenvalue weighted by Crippen LogP contribution is -2.41. The number of aliphatic hydroxyl groups excluding tert-OH is 1. The zero-order chi connectivity index (χ0) is 17.4. The molecule has 0 heterocycles. The Balaban J connectivity index is 1.91. The highest BCUT2D eigenvalue weighted by Gasteiger charge is 2.14. The summed E-state index contributed by atoms with van der Waals surface area (Å²) in [6, 6.07) is 12.7. The Kier molecular flexibility index (Phi) is 6.69. The molecule has 0 radical (unpaired) electrons. The van der Waals surface area contributed by atoms with Gasteiger partial charge in [-0.15, -0.1) is 0 Å². The fraction of sp³-hybridized carbons (Fsp3) is 0.278. The molecule has 4 nitrogen and oxygen atoms in total. The molecule has 0 fully saturated rings. The molecule has 0 aliphatic rings. The van der Waals surface area contributed by atoms with E-state index in [4.69, 9.17) is 5.11 Å². The van der Waals surface area contributed by atoms with Crippen LogP contribution in [0.5, 0.6) is 0 Å². The fourth-order valence-electron chi connectivity index (χ4n) is 2.35. The van der Waals surface area contributed by atoms with E-state index >= 15 is 0 Å². The van der Waals surface area contributed by atoms with E-state index in [0.29, 0.717) is 6.54 Å². The molecule has 2 rings (SSSR count). The van der Waals surface area contributed by atoms with Gasteiger partial charge in [0.2, 0.25) is 0 Å². The number of carbonyl (C=O) groups excluding carboxylic acids is 1. The van der Waals surface area contributed by atoms with Crippen molar-refractivity contribution < 1.29 is 18.7 Å². The maximum Gasteiger partial charge on any atom is 0.317 e. The second-order valence-electron chi connectivity index (χ2n) is 5.31. The molecule has 6 heteroatoms. The standard InChI is InChI=1S/C18H20F2N2O2/c19-16-7-4-8-17(20)15(16)9-10-21-18(24)22(11-12-23)13-14-5-2-1-3-6-14/h1-8,23H,9-13H2,(H,21,24). The minimum atomic E-state index is -0.624. The molecule has 2 amide bonds. The van der Waals surface area contributed by atoms with Gasteiger partial charge >= 0.3 is 6.03 Å². The number of halogens is 2. The van der Waals surface area contributed by atoms with Crippen LogP contribution in [0.2, 0.25) is 0 Å². The summed E-state index contributed by atoms with van der Waals surface area (Å²) in [7, 11) is 0. The Morgan fingerprint density at radius 3 is 2.33 bits per heavy atom. The van der Waals surface area contributed by atoms with Crippen molar-refractivity contribution >= 4 is 6.03 Å². The molecule has 2 aromatic carbocycles. The van der Waals surface area contributed by atoms with Gasteiger partial charge in [-0.1, -0.05) is 36.4 Å². The Morgan fingerprint density at radius 1 is 1.04 bits per heavy atom. The van der Waals surface area contributed by atoms with Gasteiger partial charge in [0.25, 0.3) is 0 Å². The normalized spacial score (nSPS) is 10.5. The molecule has 0 unspecified atom stereocenters. The number of benzene rings is 2. The van der Waals surface area contributed by atoms with Gasteiger partial charge in [0.05, 0.1) is 6.61 Å². The predicted octanol–water partition coefficient (Wildman–Crippen LogP) is 2.71. The Labute approximate surface area is 139 Å². The largest absolute Gasteiger partial charge is 0.395 e. The molecular weight excluding hydrogens is 314 g/mol. The number of carbonyl (C=O) groups is 1. The van der Waals surface area contributed by atoms with Crippen LogP contribution in [0, 0.1) is 11.6 Å². The number of aliphatic hydroxyl groups is 1. The van der Waals surface area contributed by atoms with Crippen LogP contribution in [0.15, 0.2) is 48.5 Å². The number of rotatable bonds is 7. The monoisotopic (exact) mass is 334 g/mol. The van der Waals surface area contributed by atoms with E-state index in [-0.39, 0.29) is 37.7 Å². The first-order valence-electron chi connectivity index (χ1n) is 7.72. The summed E-state index contributed by atoms with van der Waals surface area (Å²) in [5.74, 6) is -1.25. The quantitative estimate of drug-likeness (QED) is 0.818. The number of urea groups is 1. The lowest BCUT2D eigenvalue weighted by atomic mass is 10.1. The average molecular weight is 334 g/mol. The van der Waals surface area contributed by atoms with E-state index in [1.807, 2.05) is 30.3 Å². The Hall–Kier alpha value is -2.47. The lowest BCUT2D eigenvalue weighted by molar-refractivity contribution is 0.174.